The highest BCUT2D eigenvalue weighted by Gasteiger charge is 2.30. The molecule has 4 heteroatoms. The van der Waals surface area contributed by atoms with E-state index in [0.29, 0.717) is 31.7 Å². The van der Waals surface area contributed by atoms with Crippen molar-refractivity contribution in [2.24, 2.45) is 5.73 Å². The molecule has 2 atom stereocenters. The minimum absolute atomic E-state index is 0.353. The molecule has 1 heterocycles. The van der Waals surface area contributed by atoms with Gasteiger partial charge in [0.05, 0.1) is 13.2 Å². The second-order valence-electron chi connectivity index (χ2n) is 6.51. The molecule has 4 nitrogen and oxygen atoms in total. The van der Waals surface area contributed by atoms with E-state index in [-0.39, 0.29) is 0 Å². The molecule has 0 amide bonds. The van der Waals surface area contributed by atoms with Crippen LogP contribution in [0.4, 0.5) is 0 Å². The minimum atomic E-state index is 0.353. The molecule has 0 saturated carbocycles. The van der Waals surface area contributed by atoms with Gasteiger partial charge in [-0.05, 0) is 63.9 Å². The summed E-state index contributed by atoms with van der Waals surface area (Å²) >= 11 is 0. The van der Waals surface area contributed by atoms with Crippen molar-refractivity contribution in [3.05, 3.63) is 23.8 Å². The number of nitrogens with two attached hydrogens (primary N) is 1. The fourth-order valence-electron chi connectivity index (χ4n) is 3.85. The summed E-state index contributed by atoms with van der Waals surface area (Å²) < 4.78 is 11.5. The summed E-state index contributed by atoms with van der Waals surface area (Å²) in [5.74, 6) is 2.02. The lowest BCUT2D eigenvalue weighted by atomic mass is 9.85. The molecule has 2 N–H and O–H groups in total. The molecule has 2 rings (SSSR count). The zero-order chi connectivity index (χ0) is 17.4. The maximum Gasteiger partial charge on any atom is 0.161 e. The molecule has 0 spiro atoms. The predicted molar refractivity (Wildman–Crippen MR) is 100 cm³/mol. The highest BCUT2D eigenvalue weighted by molar-refractivity contribution is 5.44. The van der Waals surface area contributed by atoms with Crippen LogP contribution in [0.2, 0.25) is 0 Å². The van der Waals surface area contributed by atoms with Crippen LogP contribution in [0.3, 0.4) is 0 Å². The molecule has 136 valence electrons. The SMILES string of the molecule is CCCN1CCCCC1C(CN)c1ccc(OCC)c(OCC)c1. The Bertz CT molecular complexity index is 491. The molecule has 1 saturated heterocycles. The lowest BCUT2D eigenvalue weighted by Crippen LogP contribution is -2.45. The number of ether oxygens (including phenoxy) is 2. The molecule has 24 heavy (non-hydrogen) atoms. The van der Waals surface area contributed by atoms with Crippen molar-refractivity contribution in [1.29, 1.82) is 0 Å². The number of hydrogen-bond acceptors (Lipinski definition) is 4. The molecular formula is C20H34N2O2. The molecule has 1 aliphatic heterocycles. The van der Waals surface area contributed by atoms with Gasteiger partial charge in [0.25, 0.3) is 0 Å². The predicted octanol–water partition coefficient (Wildman–Crippen LogP) is 3.79. The van der Waals surface area contributed by atoms with Gasteiger partial charge >= 0.3 is 0 Å². The molecule has 1 fully saturated rings. The van der Waals surface area contributed by atoms with Crippen LogP contribution in [0.5, 0.6) is 11.5 Å². The van der Waals surface area contributed by atoms with E-state index in [2.05, 4.69) is 24.0 Å². The number of rotatable bonds is 9. The van der Waals surface area contributed by atoms with E-state index in [4.69, 9.17) is 15.2 Å². The average Bonchev–Trinajstić information content (AvgIpc) is 2.60. The van der Waals surface area contributed by atoms with Gasteiger partial charge in [0.1, 0.15) is 0 Å². The van der Waals surface area contributed by atoms with E-state index in [9.17, 15) is 0 Å². The molecule has 2 unspecified atom stereocenters. The first-order valence-electron chi connectivity index (χ1n) is 9.58. The van der Waals surface area contributed by atoms with Gasteiger partial charge in [0, 0.05) is 18.5 Å². The van der Waals surface area contributed by atoms with E-state index < -0.39 is 0 Å². The summed E-state index contributed by atoms with van der Waals surface area (Å²) in [6.07, 6.45) is 5.04. The monoisotopic (exact) mass is 334 g/mol. The summed E-state index contributed by atoms with van der Waals surface area (Å²) in [5, 5.41) is 0. The van der Waals surface area contributed by atoms with Crippen LogP contribution in [-0.2, 0) is 0 Å². The molecule has 0 radical (unpaired) electrons. The summed E-state index contributed by atoms with van der Waals surface area (Å²) in [6.45, 7) is 10.6. The largest absolute Gasteiger partial charge is 0.490 e. The Morgan fingerprint density at radius 3 is 2.54 bits per heavy atom. The lowest BCUT2D eigenvalue weighted by molar-refractivity contribution is 0.126. The van der Waals surface area contributed by atoms with Crippen molar-refractivity contribution < 1.29 is 9.47 Å². The summed E-state index contributed by atoms with van der Waals surface area (Å²) in [5.41, 5.74) is 7.49. The van der Waals surface area contributed by atoms with Gasteiger partial charge in [0.2, 0.25) is 0 Å². The normalized spacial score (nSPS) is 19.9. The van der Waals surface area contributed by atoms with Gasteiger partial charge in [-0.15, -0.1) is 0 Å². The molecule has 0 bridgehead atoms. The Balaban J connectivity index is 2.26. The Morgan fingerprint density at radius 2 is 1.88 bits per heavy atom. The summed E-state index contributed by atoms with van der Waals surface area (Å²) in [6, 6.07) is 6.89. The first-order valence-corrected chi connectivity index (χ1v) is 9.58. The molecule has 1 aliphatic rings. The van der Waals surface area contributed by atoms with Crippen molar-refractivity contribution in [1.82, 2.24) is 4.90 Å². The number of likely N-dealkylation sites (tertiary alicyclic amines) is 1. The van der Waals surface area contributed by atoms with Gasteiger partial charge in [0.15, 0.2) is 11.5 Å². The van der Waals surface area contributed by atoms with Crippen molar-refractivity contribution in [3.8, 4) is 11.5 Å². The third kappa shape index (κ3) is 4.64. The molecular weight excluding hydrogens is 300 g/mol. The Morgan fingerprint density at radius 1 is 1.12 bits per heavy atom. The third-order valence-electron chi connectivity index (χ3n) is 4.89. The van der Waals surface area contributed by atoms with E-state index in [1.807, 2.05) is 19.9 Å². The first-order chi connectivity index (χ1) is 11.7. The molecule has 0 aliphatic carbocycles. The summed E-state index contributed by atoms with van der Waals surface area (Å²) in [4.78, 5) is 2.64. The second-order valence-corrected chi connectivity index (χ2v) is 6.51. The van der Waals surface area contributed by atoms with Crippen molar-refractivity contribution in [3.63, 3.8) is 0 Å². The standard InChI is InChI=1S/C20H34N2O2/c1-4-12-22-13-8-7-9-18(22)17(15-21)16-10-11-19(23-5-2)20(14-16)24-6-3/h10-11,14,17-18H,4-9,12-13,15,21H2,1-3H3. The molecule has 1 aromatic rings. The van der Waals surface area contributed by atoms with Crippen LogP contribution in [0.15, 0.2) is 18.2 Å². The van der Waals surface area contributed by atoms with Crippen LogP contribution in [0, 0.1) is 0 Å². The third-order valence-corrected chi connectivity index (χ3v) is 4.89. The van der Waals surface area contributed by atoms with Crippen LogP contribution >= 0.6 is 0 Å². The van der Waals surface area contributed by atoms with E-state index in [1.165, 1.54) is 37.8 Å². The van der Waals surface area contributed by atoms with Crippen molar-refractivity contribution in [2.45, 2.75) is 58.4 Å². The van der Waals surface area contributed by atoms with Crippen LogP contribution in [0.25, 0.3) is 0 Å². The number of piperidine rings is 1. The van der Waals surface area contributed by atoms with E-state index in [1.54, 1.807) is 0 Å². The zero-order valence-electron chi connectivity index (χ0n) is 15.6. The fourth-order valence-corrected chi connectivity index (χ4v) is 3.85. The first kappa shape index (κ1) is 19.1. The smallest absolute Gasteiger partial charge is 0.161 e. The minimum Gasteiger partial charge on any atom is -0.490 e. The molecule has 0 aromatic heterocycles. The fraction of sp³-hybridized carbons (Fsp3) is 0.700. The number of hydrogen-bond donors (Lipinski definition) is 1. The van der Waals surface area contributed by atoms with Crippen molar-refractivity contribution in [2.75, 3.05) is 32.8 Å². The number of nitrogens with zero attached hydrogens (tertiary/aromatic N) is 1. The highest BCUT2D eigenvalue weighted by atomic mass is 16.5. The second kappa shape index (κ2) is 9.90. The lowest BCUT2D eigenvalue weighted by Gasteiger charge is -2.40. The zero-order valence-corrected chi connectivity index (χ0v) is 15.6. The van der Waals surface area contributed by atoms with Gasteiger partial charge in [-0.2, -0.15) is 0 Å². The topological polar surface area (TPSA) is 47.7 Å². The van der Waals surface area contributed by atoms with Gasteiger partial charge in [-0.3, -0.25) is 4.90 Å². The number of benzene rings is 1. The molecule has 1 aromatic carbocycles. The summed E-state index contributed by atoms with van der Waals surface area (Å²) in [7, 11) is 0. The van der Waals surface area contributed by atoms with E-state index in [0.717, 1.165) is 18.0 Å². The Labute approximate surface area is 147 Å². The Kier molecular flexibility index (Phi) is 7.86. The van der Waals surface area contributed by atoms with Gasteiger partial charge in [-0.1, -0.05) is 19.4 Å². The maximum absolute atomic E-state index is 6.22. The van der Waals surface area contributed by atoms with Gasteiger partial charge in [-0.25, -0.2) is 0 Å². The average molecular weight is 335 g/mol. The van der Waals surface area contributed by atoms with Crippen molar-refractivity contribution >= 4 is 0 Å². The van der Waals surface area contributed by atoms with Crippen LogP contribution < -0.4 is 15.2 Å². The maximum atomic E-state index is 6.22. The van der Waals surface area contributed by atoms with Crippen LogP contribution in [0.1, 0.15) is 57.9 Å². The van der Waals surface area contributed by atoms with E-state index >= 15 is 0 Å². The Hall–Kier alpha value is -1.26. The highest BCUT2D eigenvalue weighted by Crippen LogP contribution is 2.35. The quantitative estimate of drug-likeness (QED) is 0.746. The van der Waals surface area contributed by atoms with Gasteiger partial charge < -0.3 is 15.2 Å². The van der Waals surface area contributed by atoms with Crippen LogP contribution in [-0.4, -0.2) is 43.8 Å².